The Hall–Kier alpha value is -1.66. The molecule has 2 N–H and O–H groups in total. The first kappa shape index (κ1) is 21.4. The van der Waals surface area contributed by atoms with E-state index in [4.69, 9.17) is 4.74 Å². The molecule has 0 aliphatic carbocycles. The molecule has 1 aromatic rings. The Morgan fingerprint density at radius 2 is 1.96 bits per heavy atom. The molecular weight excluding hydrogens is 347 g/mol. The van der Waals surface area contributed by atoms with Crippen LogP contribution in [0.5, 0.6) is 5.75 Å². The highest BCUT2D eigenvalue weighted by Gasteiger charge is 2.27. The van der Waals surface area contributed by atoms with E-state index in [1.54, 1.807) is 0 Å². The zero-order valence-corrected chi connectivity index (χ0v) is 15.5. The minimum Gasteiger partial charge on any atom is -0.494 e. The van der Waals surface area contributed by atoms with Gasteiger partial charge in [-0.15, -0.1) is 12.4 Å². The van der Waals surface area contributed by atoms with E-state index >= 15 is 0 Å². The molecule has 0 aromatic heterocycles. The van der Waals surface area contributed by atoms with E-state index in [9.17, 15) is 14.0 Å². The van der Waals surface area contributed by atoms with E-state index in [1.807, 2.05) is 0 Å². The van der Waals surface area contributed by atoms with Gasteiger partial charge in [0, 0.05) is 24.9 Å². The number of Topliss-reactive ketones (excluding diaryl/α,β-unsaturated/α-hetero) is 1. The molecule has 1 aliphatic rings. The summed E-state index contributed by atoms with van der Waals surface area (Å²) in [5.41, 5.74) is 0.371. The van der Waals surface area contributed by atoms with Crippen molar-refractivity contribution >= 4 is 24.1 Å². The third kappa shape index (κ3) is 6.29. The van der Waals surface area contributed by atoms with E-state index in [0.29, 0.717) is 6.54 Å². The number of hydrogen-bond donors (Lipinski definition) is 2. The topological polar surface area (TPSA) is 67.4 Å². The summed E-state index contributed by atoms with van der Waals surface area (Å²) in [7, 11) is 1.37. The molecule has 1 fully saturated rings. The second kappa shape index (κ2) is 9.73. The summed E-state index contributed by atoms with van der Waals surface area (Å²) in [5.74, 6) is -0.872. The van der Waals surface area contributed by atoms with Gasteiger partial charge in [0.25, 0.3) is 0 Å². The van der Waals surface area contributed by atoms with Crippen molar-refractivity contribution in [2.75, 3.05) is 26.7 Å². The normalized spacial score (nSPS) is 15.8. The van der Waals surface area contributed by atoms with Crippen LogP contribution < -0.4 is 15.4 Å². The van der Waals surface area contributed by atoms with Crippen molar-refractivity contribution in [1.29, 1.82) is 0 Å². The third-order valence-electron chi connectivity index (χ3n) is 4.58. The summed E-state index contributed by atoms with van der Waals surface area (Å²) in [6.45, 7) is 4.72. The molecule has 0 radical (unpaired) electrons. The summed E-state index contributed by atoms with van der Waals surface area (Å²) < 4.78 is 18.4. The number of ether oxygens (including phenoxy) is 1. The number of hydrogen-bond acceptors (Lipinski definition) is 4. The number of benzene rings is 1. The Labute approximate surface area is 154 Å². The van der Waals surface area contributed by atoms with Gasteiger partial charge in [0.1, 0.15) is 0 Å². The maximum absolute atomic E-state index is 13.6. The lowest BCUT2D eigenvalue weighted by Gasteiger charge is -2.34. The molecule has 2 rings (SSSR count). The SMILES string of the molecule is COc1ccc(C(=O)CCC(=O)NCC2(C)CCNCC2)cc1F.Cl. The largest absolute Gasteiger partial charge is 0.494 e. The van der Waals surface area contributed by atoms with Crippen LogP contribution in [0.2, 0.25) is 0 Å². The predicted molar refractivity (Wildman–Crippen MR) is 97.0 cm³/mol. The van der Waals surface area contributed by atoms with Crippen LogP contribution in [0.3, 0.4) is 0 Å². The van der Waals surface area contributed by atoms with E-state index in [-0.39, 0.29) is 53.7 Å². The predicted octanol–water partition coefficient (Wildman–Crippen LogP) is 2.72. The summed E-state index contributed by atoms with van der Waals surface area (Å²) in [6.07, 6.45) is 2.23. The Bertz CT molecular complexity index is 604. The smallest absolute Gasteiger partial charge is 0.220 e. The number of halogens is 2. The van der Waals surface area contributed by atoms with Crippen LogP contribution in [-0.2, 0) is 4.79 Å². The summed E-state index contributed by atoms with van der Waals surface area (Å²) in [5, 5.41) is 6.22. The second-order valence-electron chi connectivity index (χ2n) is 6.61. The van der Waals surface area contributed by atoms with Crippen LogP contribution in [0, 0.1) is 11.2 Å². The summed E-state index contributed by atoms with van der Waals surface area (Å²) in [4.78, 5) is 24.0. The highest BCUT2D eigenvalue weighted by atomic mass is 35.5. The van der Waals surface area contributed by atoms with E-state index in [1.165, 1.54) is 19.2 Å². The van der Waals surface area contributed by atoms with Crippen LogP contribution in [0.15, 0.2) is 18.2 Å². The Kier molecular flexibility index (Phi) is 8.32. The Balaban J connectivity index is 0.00000312. The number of ketones is 1. The van der Waals surface area contributed by atoms with Gasteiger partial charge in [-0.05, 0) is 49.5 Å². The molecule has 140 valence electrons. The Morgan fingerprint density at radius 3 is 2.56 bits per heavy atom. The molecule has 7 heteroatoms. The molecule has 0 saturated carbocycles. The van der Waals surface area contributed by atoms with E-state index in [0.717, 1.165) is 32.0 Å². The van der Waals surface area contributed by atoms with Crippen LogP contribution in [0.4, 0.5) is 4.39 Å². The van der Waals surface area contributed by atoms with Gasteiger partial charge >= 0.3 is 0 Å². The van der Waals surface area contributed by atoms with Gasteiger partial charge in [-0.25, -0.2) is 4.39 Å². The zero-order chi connectivity index (χ0) is 17.6. The van der Waals surface area contributed by atoms with Crippen molar-refractivity contribution in [3.63, 3.8) is 0 Å². The van der Waals surface area contributed by atoms with Gasteiger partial charge in [-0.2, -0.15) is 0 Å². The lowest BCUT2D eigenvalue weighted by Crippen LogP contribution is -2.42. The first-order valence-electron chi connectivity index (χ1n) is 8.28. The standard InChI is InChI=1S/C18H25FN2O3.ClH/c1-18(7-9-20-10-8-18)12-21-17(23)6-4-15(22)13-3-5-16(24-2)14(19)11-13;/h3,5,11,20H,4,6-10,12H2,1-2H3,(H,21,23);1H. The molecule has 0 bridgehead atoms. The molecule has 5 nitrogen and oxygen atoms in total. The maximum atomic E-state index is 13.6. The van der Waals surface area contributed by atoms with Crippen molar-refractivity contribution < 1.29 is 18.7 Å². The first-order valence-corrected chi connectivity index (χ1v) is 8.28. The minimum atomic E-state index is -0.577. The fourth-order valence-electron chi connectivity index (χ4n) is 2.82. The minimum absolute atomic E-state index is 0. The quantitative estimate of drug-likeness (QED) is 0.722. The fourth-order valence-corrected chi connectivity index (χ4v) is 2.82. The zero-order valence-electron chi connectivity index (χ0n) is 14.7. The van der Waals surface area contributed by atoms with Gasteiger partial charge < -0.3 is 15.4 Å². The molecule has 1 aliphatic heterocycles. The molecule has 0 spiro atoms. The van der Waals surface area contributed by atoms with E-state index < -0.39 is 5.82 Å². The van der Waals surface area contributed by atoms with Crippen LogP contribution in [0.1, 0.15) is 43.0 Å². The number of piperidine rings is 1. The van der Waals surface area contributed by atoms with Gasteiger partial charge in [0.05, 0.1) is 7.11 Å². The van der Waals surface area contributed by atoms with Gasteiger partial charge in [0.2, 0.25) is 5.91 Å². The van der Waals surface area contributed by atoms with Crippen molar-refractivity contribution in [1.82, 2.24) is 10.6 Å². The van der Waals surface area contributed by atoms with Crippen molar-refractivity contribution in [2.24, 2.45) is 5.41 Å². The number of carbonyl (C=O) groups excluding carboxylic acids is 2. The fraction of sp³-hybridized carbons (Fsp3) is 0.556. The highest BCUT2D eigenvalue weighted by Crippen LogP contribution is 2.26. The Morgan fingerprint density at radius 1 is 1.28 bits per heavy atom. The molecule has 1 amide bonds. The van der Waals surface area contributed by atoms with Crippen molar-refractivity contribution in [3.8, 4) is 5.75 Å². The average molecular weight is 373 g/mol. The monoisotopic (exact) mass is 372 g/mol. The van der Waals surface area contributed by atoms with Gasteiger partial charge in [-0.3, -0.25) is 9.59 Å². The molecule has 1 saturated heterocycles. The number of rotatable bonds is 7. The molecule has 0 atom stereocenters. The molecule has 1 heterocycles. The lowest BCUT2D eigenvalue weighted by molar-refractivity contribution is -0.121. The van der Waals surface area contributed by atoms with Gasteiger partial charge in [0.15, 0.2) is 17.3 Å². The van der Waals surface area contributed by atoms with Gasteiger partial charge in [-0.1, -0.05) is 6.92 Å². The molecule has 0 unspecified atom stereocenters. The van der Waals surface area contributed by atoms with Crippen LogP contribution in [0.25, 0.3) is 0 Å². The van der Waals surface area contributed by atoms with Crippen molar-refractivity contribution in [3.05, 3.63) is 29.6 Å². The molecular formula is C18H26ClFN2O3. The third-order valence-corrected chi connectivity index (χ3v) is 4.58. The van der Waals surface area contributed by atoms with Crippen molar-refractivity contribution in [2.45, 2.75) is 32.6 Å². The summed E-state index contributed by atoms with van der Waals surface area (Å²) >= 11 is 0. The lowest BCUT2D eigenvalue weighted by atomic mass is 9.81. The van der Waals surface area contributed by atoms with Crippen LogP contribution in [-0.4, -0.2) is 38.4 Å². The maximum Gasteiger partial charge on any atom is 0.220 e. The number of nitrogens with one attached hydrogen (secondary N) is 2. The second-order valence-corrected chi connectivity index (χ2v) is 6.61. The van der Waals surface area contributed by atoms with Crippen LogP contribution >= 0.6 is 12.4 Å². The first-order chi connectivity index (χ1) is 11.4. The van der Waals surface area contributed by atoms with E-state index in [2.05, 4.69) is 17.6 Å². The molecule has 25 heavy (non-hydrogen) atoms. The summed E-state index contributed by atoms with van der Waals surface area (Å²) in [6, 6.07) is 4.08. The number of methoxy groups -OCH3 is 1. The highest BCUT2D eigenvalue weighted by molar-refractivity contribution is 5.98. The molecule has 1 aromatic carbocycles. The number of carbonyl (C=O) groups is 2. The number of amides is 1. The average Bonchev–Trinajstić information content (AvgIpc) is 2.58.